The van der Waals surface area contributed by atoms with Gasteiger partial charge < -0.3 is 5.32 Å². The normalized spacial score (nSPS) is 17.8. The number of benzene rings is 1. The largest absolute Gasteiger partial charge is 0.408 e. The quantitative estimate of drug-likeness (QED) is 0.835. The summed E-state index contributed by atoms with van der Waals surface area (Å²) in [5.41, 5.74) is -0.299. The molecule has 0 spiro atoms. The first kappa shape index (κ1) is 19.4. The molecule has 1 saturated heterocycles. The van der Waals surface area contributed by atoms with E-state index in [1.165, 1.54) is 23.1 Å². The van der Waals surface area contributed by atoms with Crippen LogP contribution in [0.25, 0.3) is 0 Å². The lowest BCUT2D eigenvalue weighted by Gasteiger charge is -2.36. The summed E-state index contributed by atoms with van der Waals surface area (Å²) in [5.74, 6) is -0.807. The van der Waals surface area contributed by atoms with Crippen LogP contribution in [-0.4, -0.2) is 37.3 Å². The van der Waals surface area contributed by atoms with Crippen molar-refractivity contribution in [2.45, 2.75) is 12.2 Å². The van der Waals surface area contributed by atoms with Gasteiger partial charge in [0.1, 0.15) is 11.9 Å². The second-order valence-corrected chi connectivity index (χ2v) is 4.25. The van der Waals surface area contributed by atoms with Gasteiger partial charge >= 0.3 is 6.18 Å². The van der Waals surface area contributed by atoms with E-state index in [1.807, 2.05) is 0 Å². The van der Waals surface area contributed by atoms with E-state index >= 15 is 0 Å². The number of alkyl halides is 3. The lowest BCUT2D eigenvalue weighted by atomic mass is 10.0. The van der Waals surface area contributed by atoms with Crippen LogP contribution in [0.2, 0.25) is 0 Å². The number of hydrogen-bond acceptors (Lipinski definition) is 2. The van der Waals surface area contributed by atoms with E-state index in [9.17, 15) is 17.6 Å². The van der Waals surface area contributed by atoms with Gasteiger partial charge in [-0.25, -0.2) is 4.39 Å². The van der Waals surface area contributed by atoms with E-state index in [4.69, 9.17) is 0 Å². The summed E-state index contributed by atoms with van der Waals surface area (Å²) in [6.45, 7) is 1.50. The van der Waals surface area contributed by atoms with Crippen LogP contribution in [0.4, 0.5) is 17.6 Å². The molecule has 1 aromatic rings. The SMILES string of the molecule is Cl.Cl.Fc1ccccc1[C@@H](N1CCNCC1)C(F)(F)F. The first-order valence-electron chi connectivity index (χ1n) is 5.76. The zero-order valence-electron chi connectivity index (χ0n) is 10.5. The fourth-order valence-corrected chi connectivity index (χ4v) is 2.22. The van der Waals surface area contributed by atoms with Gasteiger partial charge in [-0.15, -0.1) is 24.8 Å². The third-order valence-corrected chi connectivity index (χ3v) is 3.03. The van der Waals surface area contributed by atoms with Crippen molar-refractivity contribution in [2.75, 3.05) is 26.2 Å². The highest BCUT2D eigenvalue weighted by molar-refractivity contribution is 5.85. The fraction of sp³-hybridized carbons (Fsp3) is 0.500. The maximum Gasteiger partial charge on any atom is 0.408 e. The van der Waals surface area contributed by atoms with Crippen LogP contribution in [-0.2, 0) is 0 Å². The number of nitrogens with one attached hydrogen (secondary N) is 1. The minimum absolute atomic E-state index is 0. The molecule has 1 aromatic carbocycles. The molecule has 0 bridgehead atoms. The van der Waals surface area contributed by atoms with Gasteiger partial charge in [0.2, 0.25) is 0 Å². The van der Waals surface area contributed by atoms with Gasteiger partial charge in [0.15, 0.2) is 0 Å². The lowest BCUT2D eigenvalue weighted by molar-refractivity contribution is -0.188. The van der Waals surface area contributed by atoms with Crippen molar-refractivity contribution < 1.29 is 17.6 Å². The molecule has 0 radical (unpaired) electrons. The monoisotopic (exact) mass is 334 g/mol. The molecule has 1 heterocycles. The summed E-state index contributed by atoms with van der Waals surface area (Å²) >= 11 is 0. The number of piperazine rings is 1. The molecule has 1 atom stereocenters. The first-order chi connectivity index (χ1) is 8.50. The van der Waals surface area contributed by atoms with Crippen molar-refractivity contribution in [3.8, 4) is 0 Å². The minimum Gasteiger partial charge on any atom is -0.314 e. The van der Waals surface area contributed by atoms with Crippen molar-refractivity contribution >= 4 is 24.8 Å². The van der Waals surface area contributed by atoms with Crippen LogP contribution in [0.15, 0.2) is 24.3 Å². The Hall–Kier alpha value is -0.560. The topological polar surface area (TPSA) is 15.3 Å². The number of rotatable bonds is 2. The lowest BCUT2D eigenvalue weighted by Crippen LogP contribution is -2.49. The third kappa shape index (κ3) is 4.48. The van der Waals surface area contributed by atoms with Gasteiger partial charge in [0.25, 0.3) is 0 Å². The Kier molecular flexibility index (Phi) is 7.80. The second kappa shape index (κ2) is 8.02. The standard InChI is InChI=1S/C12H14F4N2.2ClH/c13-10-4-2-1-3-9(10)11(12(14,15)16)18-7-5-17-6-8-18;;/h1-4,11,17H,5-8H2;2*1H/t11-;;/m1../s1. The van der Waals surface area contributed by atoms with E-state index in [2.05, 4.69) is 5.32 Å². The maximum absolute atomic E-state index is 13.6. The van der Waals surface area contributed by atoms with Gasteiger partial charge in [-0.3, -0.25) is 4.90 Å². The third-order valence-electron chi connectivity index (χ3n) is 3.03. The van der Waals surface area contributed by atoms with Gasteiger partial charge in [-0.1, -0.05) is 18.2 Å². The van der Waals surface area contributed by atoms with Crippen molar-refractivity contribution in [2.24, 2.45) is 0 Å². The van der Waals surface area contributed by atoms with Crippen LogP contribution in [0.3, 0.4) is 0 Å². The molecule has 1 aliphatic rings. The van der Waals surface area contributed by atoms with Gasteiger partial charge in [-0.05, 0) is 6.07 Å². The Balaban J connectivity index is 0.00000180. The molecule has 2 nitrogen and oxygen atoms in total. The number of halogens is 6. The van der Waals surface area contributed by atoms with E-state index in [1.54, 1.807) is 0 Å². The zero-order valence-corrected chi connectivity index (χ0v) is 12.1. The summed E-state index contributed by atoms with van der Waals surface area (Å²) in [4.78, 5) is 1.27. The zero-order chi connectivity index (χ0) is 13.2. The molecule has 0 amide bonds. The first-order valence-corrected chi connectivity index (χ1v) is 5.76. The predicted molar refractivity (Wildman–Crippen MR) is 74.1 cm³/mol. The molecule has 8 heteroatoms. The van der Waals surface area contributed by atoms with Gasteiger partial charge in [0, 0.05) is 31.7 Å². The summed E-state index contributed by atoms with van der Waals surface area (Å²) in [6, 6.07) is 3.23. The van der Waals surface area contributed by atoms with E-state index in [0.29, 0.717) is 13.1 Å². The van der Waals surface area contributed by atoms with Crippen LogP contribution >= 0.6 is 24.8 Å². The molecule has 20 heavy (non-hydrogen) atoms. The molecule has 1 aliphatic heterocycles. The molecular weight excluding hydrogens is 319 g/mol. The van der Waals surface area contributed by atoms with Crippen molar-refractivity contribution in [1.29, 1.82) is 0 Å². The predicted octanol–water partition coefficient (Wildman–Crippen LogP) is 3.18. The average Bonchev–Trinajstić information content (AvgIpc) is 2.32. The molecule has 1 fully saturated rings. The van der Waals surface area contributed by atoms with Crippen molar-refractivity contribution in [3.05, 3.63) is 35.6 Å². The molecule has 0 unspecified atom stereocenters. The number of nitrogens with zero attached hydrogens (tertiary/aromatic N) is 1. The highest BCUT2D eigenvalue weighted by atomic mass is 35.5. The Morgan fingerprint density at radius 1 is 1.05 bits per heavy atom. The molecule has 116 valence electrons. The minimum atomic E-state index is -4.47. The Morgan fingerprint density at radius 2 is 1.60 bits per heavy atom. The van der Waals surface area contributed by atoms with E-state index in [-0.39, 0.29) is 43.5 Å². The molecule has 0 aliphatic carbocycles. The summed E-state index contributed by atoms with van der Waals surface area (Å²) in [6.07, 6.45) is -4.47. The smallest absolute Gasteiger partial charge is 0.314 e. The van der Waals surface area contributed by atoms with Crippen LogP contribution in [0.1, 0.15) is 11.6 Å². The Labute approximate surface area is 127 Å². The van der Waals surface area contributed by atoms with Crippen molar-refractivity contribution in [1.82, 2.24) is 10.2 Å². The Morgan fingerprint density at radius 3 is 2.10 bits per heavy atom. The highest BCUT2D eigenvalue weighted by Crippen LogP contribution is 2.38. The Bertz CT molecular complexity index is 409. The maximum atomic E-state index is 13.6. The average molecular weight is 335 g/mol. The van der Waals surface area contributed by atoms with Crippen LogP contribution in [0, 0.1) is 5.82 Å². The molecule has 1 N–H and O–H groups in total. The molecular formula is C12H16Cl2F4N2. The van der Waals surface area contributed by atoms with E-state index in [0.717, 1.165) is 6.07 Å². The molecule has 0 saturated carbocycles. The van der Waals surface area contributed by atoms with E-state index < -0.39 is 18.0 Å². The van der Waals surface area contributed by atoms with Crippen LogP contribution in [0.5, 0.6) is 0 Å². The summed E-state index contributed by atoms with van der Waals surface area (Å²) in [7, 11) is 0. The molecule has 0 aromatic heterocycles. The van der Waals surface area contributed by atoms with Crippen molar-refractivity contribution in [3.63, 3.8) is 0 Å². The van der Waals surface area contributed by atoms with Crippen LogP contribution < -0.4 is 5.32 Å². The van der Waals surface area contributed by atoms with Gasteiger partial charge in [-0.2, -0.15) is 13.2 Å². The fourth-order valence-electron chi connectivity index (χ4n) is 2.22. The highest BCUT2D eigenvalue weighted by Gasteiger charge is 2.45. The second-order valence-electron chi connectivity index (χ2n) is 4.25. The molecule has 2 rings (SSSR count). The summed E-state index contributed by atoms with van der Waals surface area (Å²) in [5, 5.41) is 2.98. The number of hydrogen-bond donors (Lipinski definition) is 1. The summed E-state index contributed by atoms with van der Waals surface area (Å²) < 4.78 is 53.0. The van der Waals surface area contributed by atoms with Gasteiger partial charge in [0.05, 0.1) is 0 Å².